The van der Waals surface area contributed by atoms with Crippen molar-refractivity contribution in [3.8, 4) is 0 Å². The molecule has 1 N–H and O–H groups in total. The van der Waals surface area contributed by atoms with Crippen molar-refractivity contribution < 1.29 is 4.79 Å². The number of piperazine rings is 1. The van der Waals surface area contributed by atoms with Gasteiger partial charge in [-0.2, -0.15) is 11.3 Å². The van der Waals surface area contributed by atoms with Crippen LogP contribution in [0.3, 0.4) is 0 Å². The molecule has 0 aliphatic carbocycles. The molecule has 22 heavy (non-hydrogen) atoms. The van der Waals surface area contributed by atoms with E-state index in [1.165, 1.54) is 11.3 Å². The molecule has 2 aromatic heterocycles. The van der Waals surface area contributed by atoms with Gasteiger partial charge in [-0.25, -0.2) is 4.98 Å². The van der Waals surface area contributed by atoms with Gasteiger partial charge in [0, 0.05) is 49.9 Å². The van der Waals surface area contributed by atoms with Crippen molar-refractivity contribution in [1.82, 2.24) is 15.2 Å². The van der Waals surface area contributed by atoms with Gasteiger partial charge in [-0.1, -0.05) is 0 Å². The highest BCUT2D eigenvalue weighted by atomic mass is 32.1. The number of nitrogens with one attached hydrogen (secondary N) is 1. The van der Waals surface area contributed by atoms with Gasteiger partial charge in [-0.05, 0) is 36.2 Å². The molecule has 1 aliphatic heterocycles. The number of pyridine rings is 1. The third kappa shape index (κ3) is 3.64. The molecule has 1 aliphatic rings. The molecule has 6 heteroatoms. The zero-order valence-electron chi connectivity index (χ0n) is 12.7. The molecule has 0 radical (unpaired) electrons. The van der Waals surface area contributed by atoms with Crippen molar-refractivity contribution in [3.63, 3.8) is 0 Å². The second-order valence-electron chi connectivity index (χ2n) is 5.51. The maximum absolute atomic E-state index is 12.0. The van der Waals surface area contributed by atoms with Crippen LogP contribution in [0, 0.1) is 0 Å². The number of nitrogens with zero attached hydrogens (tertiary/aromatic N) is 3. The number of anilines is 1. The van der Waals surface area contributed by atoms with Crippen LogP contribution in [0.4, 0.5) is 5.82 Å². The molecule has 1 fully saturated rings. The first kappa shape index (κ1) is 15.0. The van der Waals surface area contributed by atoms with E-state index in [4.69, 9.17) is 0 Å². The summed E-state index contributed by atoms with van der Waals surface area (Å²) in [6.45, 7) is 4.63. The molecule has 5 nitrogen and oxygen atoms in total. The molecule has 0 saturated carbocycles. The third-order valence-corrected chi connectivity index (χ3v) is 4.56. The van der Waals surface area contributed by atoms with Crippen molar-refractivity contribution >= 4 is 23.1 Å². The minimum atomic E-state index is -0.0285. The van der Waals surface area contributed by atoms with E-state index in [2.05, 4.69) is 33.2 Å². The molecular formula is C16H20N4OS. The fourth-order valence-electron chi connectivity index (χ4n) is 2.46. The summed E-state index contributed by atoms with van der Waals surface area (Å²) in [7, 11) is 2.14. The first-order valence-electron chi connectivity index (χ1n) is 7.41. The molecule has 1 saturated heterocycles. The largest absolute Gasteiger partial charge is 0.354 e. The fourth-order valence-corrected chi connectivity index (χ4v) is 3.09. The Labute approximate surface area is 134 Å². The zero-order valence-corrected chi connectivity index (χ0v) is 13.5. The predicted molar refractivity (Wildman–Crippen MR) is 89.4 cm³/mol. The normalized spacial score (nSPS) is 15.8. The van der Waals surface area contributed by atoms with E-state index >= 15 is 0 Å². The maximum Gasteiger partial charge on any atom is 0.252 e. The van der Waals surface area contributed by atoms with Gasteiger partial charge in [-0.3, -0.25) is 4.79 Å². The van der Waals surface area contributed by atoms with Gasteiger partial charge < -0.3 is 15.1 Å². The monoisotopic (exact) mass is 316 g/mol. The van der Waals surface area contributed by atoms with E-state index in [0.29, 0.717) is 6.54 Å². The second kappa shape index (κ2) is 6.89. The van der Waals surface area contributed by atoms with Crippen LogP contribution in [0.25, 0.3) is 0 Å². The highest BCUT2D eigenvalue weighted by molar-refractivity contribution is 7.08. The van der Waals surface area contributed by atoms with Gasteiger partial charge in [0.2, 0.25) is 0 Å². The highest BCUT2D eigenvalue weighted by Crippen LogP contribution is 2.15. The fraction of sp³-hybridized carbons (Fsp3) is 0.375. The first-order valence-corrected chi connectivity index (χ1v) is 8.35. The van der Waals surface area contributed by atoms with Gasteiger partial charge in [-0.15, -0.1) is 0 Å². The minimum absolute atomic E-state index is 0.0285. The van der Waals surface area contributed by atoms with E-state index < -0.39 is 0 Å². The van der Waals surface area contributed by atoms with Crippen LogP contribution in [-0.4, -0.2) is 49.0 Å². The Hall–Kier alpha value is -1.92. The molecule has 0 bridgehead atoms. The number of hydrogen-bond donors (Lipinski definition) is 1. The summed E-state index contributed by atoms with van der Waals surface area (Å²) in [5.41, 5.74) is 1.80. The summed E-state index contributed by atoms with van der Waals surface area (Å²) in [5, 5.41) is 6.72. The Balaban J connectivity index is 1.60. The summed E-state index contributed by atoms with van der Waals surface area (Å²) in [5.74, 6) is 0.967. The van der Waals surface area contributed by atoms with Crippen LogP contribution in [0.1, 0.15) is 15.9 Å². The molecule has 0 aromatic carbocycles. The lowest BCUT2D eigenvalue weighted by molar-refractivity contribution is 0.0951. The van der Waals surface area contributed by atoms with Crippen LogP contribution >= 0.6 is 11.3 Å². The van der Waals surface area contributed by atoms with Crippen LogP contribution in [0.2, 0.25) is 0 Å². The Bertz CT molecular complexity index is 621. The van der Waals surface area contributed by atoms with E-state index in [0.717, 1.165) is 43.1 Å². The first-order chi connectivity index (χ1) is 10.7. The Morgan fingerprint density at radius 2 is 2.14 bits per heavy atom. The number of hydrogen-bond acceptors (Lipinski definition) is 5. The second-order valence-corrected chi connectivity index (χ2v) is 6.29. The lowest BCUT2D eigenvalue weighted by Gasteiger charge is -2.33. The molecule has 3 rings (SSSR count). The Morgan fingerprint density at radius 1 is 1.32 bits per heavy atom. The summed E-state index contributed by atoms with van der Waals surface area (Å²) < 4.78 is 0. The topological polar surface area (TPSA) is 48.5 Å². The summed E-state index contributed by atoms with van der Waals surface area (Å²) in [4.78, 5) is 21.0. The van der Waals surface area contributed by atoms with Gasteiger partial charge >= 0.3 is 0 Å². The van der Waals surface area contributed by atoms with Crippen molar-refractivity contribution in [1.29, 1.82) is 0 Å². The molecule has 0 atom stereocenters. The van der Waals surface area contributed by atoms with E-state index in [1.807, 2.05) is 29.1 Å². The number of rotatable bonds is 4. The molecule has 0 spiro atoms. The summed E-state index contributed by atoms with van der Waals surface area (Å²) in [6, 6.07) is 5.86. The summed E-state index contributed by atoms with van der Waals surface area (Å²) in [6.07, 6.45) is 1.82. The quantitative estimate of drug-likeness (QED) is 0.935. The average molecular weight is 316 g/mol. The number of amides is 1. The van der Waals surface area contributed by atoms with Crippen LogP contribution in [0.5, 0.6) is 0 Å². The van der Waals surface area contributed by atoms with E-state index in [1.54, 1.807) is 0 Å². The van der Waals surface area contributed by atoms with Crippen molar-refractivity contribution in [2.45, 2.75) is 6.54 Å². The van der Waals surface area contributed by atoms with Crippen molar-refractivity contribution in [2.24, 2.45) is 0 Å². The number of aromatic nitrogens is 1. The van der Waals surface area contributed by atoms with Gasteiger partial charge in [0.1, 0.15) is 5.82 Å². The number of carbonyl (C=O) groups excluding carboxylic acids is 1. The van der Waals surface area contributed by atoms with Gasteiger partial charge in [0.15, 0.2) is 0 Å². The predicted octanol–water partition coefficient (Wildman–Crippen LogP) is 1.82. The van der Waals surface area contributed by atoms with Crippen molar-refractivity contribution in [3.05, 3.63) is 46.3 Å². The Morgan fingerprint density at radius 3 is 2.86 bits per heavy atom. The van der Waals surface area contributed by atoms with Crippen LogP contribution in [0.15, 0.2) is 35.2 Å². The average Bonchev–Trinajstić information content (AvgIpc) is 3.08. The highest BCUT2D eigenvalue weighted by Gasteiger charge is 2.15. The van der Waals surface area contributed by atoms with Gasteiger partial charge in [0.25, 0.3) is 5.91 Å². The SMILES string of the molecule is CN1CCN(c2cc(CNC(=O)c3ccsc3)ccn2)CC1. The zero-order chi connectivity index (χ0) is 15.4. The lowest BCUT2D eigenvalue weighted by Crippen LogP contribution is -2.44. The molecule has 0 unspecified atom stereocenters. The maximum atomic E-state index is 12.0. The Kier molecular flexibility index (Phi) is 4.70. The molecular weight excluding hydrogens is 296 g/mol. The number of thiophene rings is 1. The van der Waals surface area contributed by atoms with E-state index in [9.17, 15) is 4.79 Å². The van der Waals surface area contributed by atoms with Crippen molar-refractivity contribution in [2.75, 3.05) is 38.1 Å². The lowest BCUT2D eigenvalue weighted by atomic mass is 10.2. The smallest absolute Gasteiger partial charge is 0.252 e. The number of likely N-dealkylation sites (N-methyl/N-ethyl adjacent to an activating group) is 1. The molecule has 1 amide bonds. The molecule has 2 aromatic rings. The third-order valence-electron chi connectivity index (χ3n) is 3.87. The minimum Gasteiger partial charge on any atom is -0.354 e. The number of carbonyl (C=O) groups is 1. The van der Waals surface area contributed by atoms with Gasteiger partial charge in [0.05, 0.1) is 0 Å². The van der Waals surface area contributed by atoms with E-state index in [-0.39, 0.29) is 5.91 Å². The molecule has 116 valence electrons. The van der Waals surface area contributed by atoms with Crippen LogP contribution < -0.4 is 10.2 Å². The standard InChI is InChI=1S/C16H20N4OS/c1-19-5-7-20(8-6-19)15-10-13(2-4-17-15)11-18-16(21)14-3-9-22-12-14/h2-4,9-10,12H,5-8,11H2,1H3,(H,18,21). The summed E-state index contributed by atoms with van der Waals surface area (Å²) >= 11 is 1.53. The van der Waals surface area contributed by atoms with Crippen LogP contribution in [-0.2, 0) is 6.54 Å². The molecule has 3 heterocycles.